The Bertz CT molecular complexity index is 556. The highest BCUT2D eigenvalue weighted by atomic mass is 16.5. The van der Waals surface area contributed by atoms with Gasteiger partial charge in [-0.1, -0.05) is 5.22 Å². The lowest BCUT2D eigenvalue weighted by Gasteiger charge is -2.17. The number of ether oxygens (including phenoxy) is 1. The topological polar surface area (TPSA) is 83.4 Å². The first-order chi connectivity index (χ1) is 10.7. The smallest absolute Gasteiger partial charge is 0.338 e. The van der Waals surface area contributed by atoms with Crippen molar-refractivity contribution in [2.75, 3.05) is 20.2 Å². The minimum Gasteiger partial charge on any atom is -0.462 e. The quantitative estimate of drug-likeness (QED) is 0.667. The van der Waals surface area contributed by atoms with E-state index in [1.807, 2.05) is 0 Å². The predicted octanol–water partition coefficient (Wildman–Crippen LogP) is 2.07. The number of rotatable bonds is 5. The molecule has 2 rings (SSSR count). The van der Waals surface area contributed by atoms with Crippen LogP contribution < -0.4 is 5.32 Å². The first-order valence-corrected chi connectivity index (χ1v) is 7.32. The summed E-state index contributed by atoms with van der Waals surface area (Å²) in [7, 11) is 1.62. The Morgan fingerprint density at radius 1 is 1.36 bits per heavy atom. The molecule has 0 aromatic heterocycles. The summed E-state index contributed by atoms with van der Waals surface area (Å²) in [6.45, 7) is 2.82. The zero-order valence-corrected chi connectivity index (χ0v) is 12.8. The largest absolute Gasteiger partial charge is 0.462 e. The van der Waals surface area contributed by atoms with Crippen LogP contribution in [0.25, 0.3) is 0 Å². The van der Waals surface area contributed by atoms with E-state index in [-0.39, 0.29) is 17.9 Å². The fraction of sp³-hybridized carbons (Fsp3) is 0.467. The number of hydrogen-bond acceptors (Lipinski definition) is 5. The fourth-order valence-electron chi connectivity index (χ4n) is 2.28. The minimum absolute atomic E-state index is 0.0471. The maximum Gasteiger partial charge on any atom is 0.338 e. The van der Waals surface area contributed by atoms with E-state index >= 15 is 0 Å². The first kappa shape index (κ1) is 15.9. The standard InChI is InChI=1S/C15H20N4O3/c1-3-22-15(21)11-6-8-12(9-7-11)17-18-19-10-4-5-13(19)14(20)16-2/h6-9,13H,3-5,10H2,1-2H3,(H,16,20). The van der Waals surface area contributed by atoms with E-state index in [9.17, 15) is 9.59 Å². The van der Waals surface area contributed by atoms with Gasteiger partial charge in [0.1, 0.15) is 6.04 Å². The molecule has 7 nitrogen and oxygen atoms in total. The van der Waals surface area contributed by atoms with Gasteiger partial charge in [-0.05, 0) is 44.0 Å². The number of carbonyl (C=O) groups is 2. The summed E-state index contributed by atoms with van der Waals surface area (Å²) in [5.74, 6) is -0.403. The van der Waals surface area contributed by atoms with Gasteiger partial charge in [-0.3, -0.25) is 9.80 Å². The molecule has 0 aliphatic carbocycles. The number of amides is 1. The van der Waals surface area contributed by atoms with Crippen molar-refractivity contribution in [3.8, 4) is 0 Å². The van der Waals surface area contributed by atoms with Gasteiger partial charge in [-0.25, -0.2) is 4.79 Å². The Labute approximate surface area is 129 Å². The second-order valence-electron chi connectivity index (χ2n) is 4.89. The van der Waals surface area contributed by atoms with Crippen LogP contribution >= 0.6 is 0 Å². The number of nitrogens with zero attached hydrogens (tertiary/aromatic N) is 3. The van der Waals surface area contributed by atoms with Crippen molar-refractivity contribution in [3.63, 3.8) is 0 Å². The molecule has 0 spiro atoms. The third-order valence-corrected chi connectivity index (χ3v) is 3.43. The van der Waals surface area contributed by atoms with Gasteiger partial charge in [0.25, 0.3) is 0 Å². The van der Waals surface area contributed by atoms with Crippen LogP contribution in [0, 0.1) is 0 Å². The minimum atomic E-state index is -0.356. The van der Waals surface area contributed by atoms with Crippen molar-refractivity contribution >= 4 is 17.6 Å². The van der Waals surface area contributed by atoms with Gasteiger partial charge in [0, 0.05) is 13.6 Å². The van der Waals surface area contributed by atoms with E-state index in [1.54, 1.807) is 43.2 Å². The molecule has 0 bridgehead atoms. The third-order valence-electron chi connectivity index (χ3n) is 3.43. The number of benzene rings is 1. The summed E-state index contributed by atoms with van der Waals surface area (Å²) in [5.41, 5.74) is 1.10. The second kappa shape index (κ2) is 7.53. The summed E-state index contributed by atoms with van der Waals surface area (Å²) in [4.78, 5) is 23.3. The van der Waals surface area contributed by atoms with Crippen molar-refractivity contribution in [2.45, 2.75) is 25.8 Å². The molecule has 1 unspecified atom stereocenters. The molecule has 118 valence electrons. The molecule has 1 aromatic rings. The van der Waals surface area contributed by atoms with Gasteiger partial charge in [-0.15, -0.1) is 5.11 Å². The molecule has 1 saturated heterocycles. The molecule has 1 aliphatic heterocycles. The van der Waals surface area contributed by atoms with Crippen LogP contribution in [0.1, 0.15) is 30.1 Å². The zero-order chi connectivity index (χ0) is 15.9. The second-order valence-corrected chi connectivity index (χ2v) is 4.89. The number of nitrogens with one attached hydrogen (secondary N) is 1. The van der Waals surface area contributed by atoms with E-state index in [0.717, 1.165) is 12.8 Å². The van der Waals surface area contributed by atoms with E-state index < -0.39 is 0 Å². The normalized spacial score (nSPS) is 17.7. The number of hydrogen-bond donors (Lipinski definition) is 1. The molecule has 22 heavy (non-hydrogen) atoms. The maximum absolute atomic E-state index is 11.7. The highest BCUT2D eigenvalue weighted by Crippen LogP contribution is 2.20. The summed E-state index contributed by atoms with van der Waals surface area (Å²) in [6, 6.07) is 6.42. The van der Waals surface area contributed by atoms with Crippen molar-refractivity contribution in [2.24, 2.45) is 10.3 Å². The fourth-order valence-corrected chi connectivity index (χ4v) is 2.28. The molecular formula is C15H20N4O3. The van der Waals surface area contributed by atoms with Crippen molar-refractivity contribution in [1.29, 1.82) is 0 Å². The summed E-state index contributed by atoms with van der Waals surface area (Å²) in [6.07, 6.45) is 1.69. The lowest BCUT2D eigenvalue weighted by Crippen LogP contribution is -2.39. The molecule has 1 aliphatic rings. The zero-order valence-electron chi connectivity index (χ0n) is 12.8. The molecule has 1 atom stereocenters. The average Bonchev–Trinajstić information content (AvgIpc) is 3.01. The maximum atomic E-state index is 11.7. The Hall–Kier alpha value is -2.44. The molecule has 1 aromatic carbocycles. The van der Waals surface area contributed by atoms with E-state index in [1.165, 1.54) is 0 Å². The molecule has 0 saturated carbocycles. The Morgan fingerprint density at radius 3 is 2.73 bits per heavy atom. The Kier molecular flexibility index (Phi) is 5.46. The van der Waals surface area contributed by atoms with Crippen LogP contribution in [0.3, 0.4) is 0 Å². The van der Waals surface area contributed by atoms with Crippen LogP contribution in [-0.2, 0) is 9.53 Å². The van der Waals surface area contributed by atoms with E-state index in [4.69, 9.17) is 4.74 Å². The highest BCUT2D eigenvalue weighted by Gasteiger charge is 2.29. The summed E-state index contributed by atoms with van der Waals surface area (Å²) >= 11 is 0. The summed E-state index contributed by atoms with van der Waals surface area (Å²) < 4.78 is 4.92. The van der Waals surface area contributed by atoms with Gasteiger partial charge >= 0.3 is 5.97 Å². The molecule has 1 heterocycles. The van der Waals surface area contributed by atoms with Crippen LogP contribution in [0.5, 0.6) is 0 Å². The Morgan fingerprint density at radius 2 is 2.09 bits per heavy atom. The lowest BCUT2D eigenvalue weighted by atomic mass is 10.2. The molecule has 7 heteroatoms. The number of carbonyl (C=O) groups excluding carboxylic acids is 2. The van der Waals surface area contributed by atoms with Crippen LogP contribution in [0.4, 0.5) is 5.69 Å². The van der Waals surface area contributed by atoms with Crippen molar-refractivity contribution < 1.29 is 14.3 Å². The van der Waals surface area contributed by atoms with Gasteiger partial charge < -0.3 is 10.1 Å². The monoisotopic (exact) mass is 304 g/mol. The predicted molar refractivity (Wildman–Crippen MR) is 80.7 cm³/mol. The van der Waals surface area contributed by atoms with Gasteiger partial charge in [0.05, 0.1) is 17.9 Å². The van der Waals surface area contributed by atoms with Crippen molar-refractivity contribution in [3.05, 3.63) is 29.8 Å². The Balaban J connectivity index is 2.01. The molecular weight excluding hydrogens is 284 g/mol. The van der Waals surface area contributed by atoms with Gasteiger partial charge in [0.15, 0.2) is 0 Å². The lowest BCUT2D eigenvalue weighted by molar-refractivity contribution is -0.125. The summed E-state index contributed by atoms with van der Waals surface area (Å²) in [5, 5.41) is 12.6. The average molecular weight is 304 g/mol. The molecule has 1 amide bonds. The SMILES string of the molecule is CCOC(=O)c1ccc(N=NN2CCCC2C(=O)NC)cc1. The third kappa shape index (κ3) is 3.81. The van der Waals surface area contributed by atoms with Gasteiger partial charge in [0.2, 0.25) is 5.91 Å². The van der Waals surface area contributed by atoms with Crippen LogP contribution in [0.15, 0.2) is 34.6 Å². The van der Waals surface area contributed by atoms with Crippen molar-refractivity contribution in [1.82, 2.24) is 10.3 Å². The number of likely N-dealkylation sites (N-methyl/N-ethyl adjacent to an activating group) is 1. The van der Waals surface area contributed by atoms with E-state index in [0.29, 0.717) is 24.4 Å². The molecule has 0 radical (unpaired) electrons. The van der Waals surface area contributed by atoms with Crippen LogP contribution in [-0.4, -0.2) is 43.1 Å². The van der Waals surface area contributed by atoms with Gasteiger partial charge in [-0.2, -0.15) is 0 Å². The number of esters is 1. The van der Waals surface area contributed by atoms with E-state index in [2.05, 4.69) is 15.7 Å². The molecule has 1 N–H and O–H groups in total. The molecule has 1 fully saturated rings. The van der Waals surface area contributed by atoms with Crippen LogP contribution in [0.2, 0.25) is 0 Å². The first-order valence-electron chi connectivity index (χ1n) is 7.32. The highest BCUT2D eigenvalue weighted by molar-refractivity contribution is 5.89.